The van der Waals surface area contributed by atoms with Crippen LogP contribution in [0.25, 0.3) is 28.2 Å². The van der Waals surface area contributed by atoms with Crippen LogP contribution in [-0.4, -0.2) is 14.9 Å². The average molecular weight is 381 g/mol. The maximum atomic E-state index is 10.4. The lowest BCUT2D eigenvalue weighted by molar-refractivity contribution is 0.477. The van der Waals surface area contributed by atoms with E-state index in [4.69, 9.17) is 28.3 Å². The van der Waals surface area contributed by atoms with Crippen LogP contribution < -0.4 is 0 Å². The summed E-state index contributed by atoms with van der Waals surface area (Å²) in [7, 11) is 0. The molecule has 0 unspecified atom stereocenters. The number of para-hydroxylation sites is 1. The van der Waals surface area contributed by atoms with Gasteiger partial charge in [0.2, 0.25) is 0 Å². The highest BCUT2D eigenvalue weighted by Gasteiger charge is 2.17. The largest absolute Gasteiger partial charge is 0.506 e. The molecule has 0 fully saturated rings. The van der Waals surface area contributed by atoms with Gasteiger partial charge in [-0.25, -0.2) is 4.68 Å². The van der Waals surface area contributed by atoms with Gasteiger partial charge in [-0.1, -0.05) is 71.7 Å². The van der Waals surface area contributed by atoms with Crippen molar-refractivity contribution >= 4 is 23.2 Å². The lowest BCUT2D eigenvalue weighted by atomic mass is 10.1. The van der Waals surface area contributed by atoms with Crippen molar-refractivity contribution in [3.05, 3.63) is 88.9 Å². The number of phenols is 1. The van der Waals surface area contributed by atoms with E-state index in [1.807, 2.05) is 71.4 Å². The molecule has 0 spiro atoms. The Kier molecular flexibility index (Phi) is 4.41. The van der Waals surface area contributed by atoms with Crippen LogP contribution in [0.4, 0.5) is 0 Å². The smallest absolute Gasteiger partial charge is 0.143 e. The van der Waals surface area contributed by atoms with Crippen LogP contribution in [0.1, 0.15) is 0 Å². The van der Waals surface area contributed by atoms with Crippen LogP contribution in [0.2, 0.25) is 10.0 Å². The Hall–Kier alpha value is -2.75. The summed E-state index contributed by atoms with van der Waals surface area (Å²) in [6, 6.07) is 24.9. The zero-order valence-corrected chi connectivity index (χ0v) is 15.1. The number of hydrogen-bond acceptors (Lipinski definition) is 2. The van der Waals surface area contributed by atoms with Crippen LogP contribution in [0, 0.1) is 0 Å². The Labute approximate surface area is 161 Å². The first-order chi connectivity index (χ1) is 12.6. The van der Waals surface area contributed by atoms with Gasteiger partial charge in [0, 0.05) is 16.1 Å². The van der Waals surface area contributed by atoms with Crippen LogP contribution in [0.5, 0.6) is 5.75 Å². The number of aromatic nitrogens is 2. The fourth-order valence-corrected chi connectivity index (χ4v) is 3.35. The molecule has 4 aromatic rings. The van der Waals surface area contributed by atoms with Crippen molar-refractivity contribution in [1.29, 1.82) is 0 Å². The third-order valence-corrected chi connectivity index (χ3v) is 4.59. The molecule has 1 N–H and O–H groups in total. The van der Waals surface area contributed by atoms with Crippen molar-refractivity contribution in [1.82, 2.24) is 9.78 Å². The Morgan fingerprint density at radius 2 is 1.46 bits per heavy atom. The van der Waals surface area contributed by atoms with Gasteiger partial charge in [-0.3, -0.25) is 0 Å². The second-order valence-electron chi connectivity index (χ2n) is 5.81. The zero-order valence-electron chi connectivity index (χ0n) is 13.6. The monoisotopic (exact) mass is 380 g/mol. The van der Waals surface area contributed by atoms with Gasteiger partial charge in [0.05, 0.1) is 22.1 Å². The number of aromatic hydroxyl groups is 1. The summed E-state index contributed by atoms with van der Waals surface area (Å²) in [5, 5.41) is 15.7. The van der Waals surface area contributed by atoms with E-state index in [1.165, 1.54) is 6.07 Å². The number of rotatable bonds is 3. The van der Waals surface area contributed by atoms with E-state index in [0.29, 0.717) is 16.3 Å². The van der Waals surface area contributed by atoms with Gasteiger partial charge < -0.3 is 5.11 Å². The molecule has 1 aromatic heterocycles. The lowest BCUT2D eigenvalue weighted by Crippen LogP contribution is -1.98. The number of benzene rings is 3. The lowest BCUT2D eigenvalue weighted by Gasteiger charge is -2.07. The first-order valence-electron chi connectivity index (χ1n) is 8.03. The van der Waals surface area contributed by atoms with Crippen LogP contribution in [0.3, 0.4) is 0 Å². The summed E-state index contributed by atoms with van der Waals surface area (Å²) >= 11 is 12.2. The standard InChI is InChI=1S/C21H14Cl2N2O/c22-15-11-17(21(26)18(23)12-15)19-13-20(14-7-3-1-4-8-14)25(24-19)16-9-5-2-6-10-16/h1-13,26H. The summed E-state index contributed by atoms with van der Waals surface area (Å²) in [5.41, 5.74) is 3.93. The molecule has 128 valence electrons. The topological polar surface area (TPSA) is 38.0 Å². The summed E-state index contributed by atoms with van der Waals surface area (Å²) in [5.74, 6) is -0.0339. The molecule has 0 saturated carbocycles. The molecule has 0 saturated heterocycles. The highest BCUT2D eigenvalue weighted by molar-refractivity contribution is 6.36. The van der Waals surface area contributed by atoms with Crippen molar-refractivity contribution in [2.75, 3.05) is 0 Å². The first kappa shape index (κ1) is 16.7. The predicted molar refractivity (Wildman–Crippen MR) is 106 cm³/mol. The molecular formula is C21H14Cl2N2O. The van der Waals surface area contributed by atoms with E-state index in [0.717, 1.165) is 16.9 Å². The molecule has 3 aromatic carbocycles. The molecule has 0 amide bonds. The molecule has 5 heteroatoms. The van der Waals surface area contributed by atoms with E-state index < -0.39 is 0 Å². The van der Waals surface area contributed by atoms with Gasteiger partial charge in [-0.2, -0.15) is 5.10 Å². The van der Waals surface area contributed by atoms with Gasteiger partial charge in [0.25, 0.3) is 0 Å². The Balaban J connectivity index is 1.96. The third-order valence-electron chi connectivity index (χ3n) is 4.08. The molecule has 0 atom stereocenters. The molecule has 4 rings (SSSR count). The molecule has 0 aliphatic rings. The molecule has 0 aliphatic heterocycles. The van der Waals surface area contributed by atoms with E-state index in [9.17, 15) is 5.11 Å². The average Bonchev–Trinajstić information content (AvgIpc) is 3.11. The van der Waals surface area contributed by atoms with Gasteiger partial charge >= 0.3 is 0 Å². The SMILES string of the molecule is Oc1c(Cl)cc(Cl)cc1-c1cc(-c2ccccc2)n(-c2ccccc2)n1. The maximum absolute atomic E-state index is 10.4. The quantitative estimate of drug-likeness (QED) is 0.458. The van der Waals surface area contributed by atoms with E-state index in [2.05, 4.69) is 0 Å². The minimum absolute atomic E-state index is 0.0339. The zero-order chi connectivity index (χ0) is 18.1. The van der Waals surface area contributed by atoms with Crippen molar-refractivity contribution < 1.29 is 5.11 Å². The summed E-state index contributed by atoms with van der Waals surface area (Å²) in [6.07, 6.45) is 0. The summed E-state index contributed by atoms with van der Waals surface area (Å²) in [6.45, 7) is 0. The molecular weight excluding hydrogens is 367 g/mol. The van der Waals surface area contributed by atoms with Gasteiger partial charge in [0.1, 0.15) is 5.75 Å². The molecule has 0 radical (unpaired) electrons. The Bertz CT molecular complexity index is 1000. The molecule has 0 aliphatic carbocycles. The predicted octanol–water partition coefficient (Wildman–Crippen LogP) is 6.22. The number of phenolic OH excluding ortho intramolecular Hbond substituents is 1. The molecule has 3 nitrogen and oxygen atoms in total. The molecule has 0 bridgehead atoms. The third kappa shape index (κ3) is 3.07. The summed E-state index contributed by atoms with van der Waals surface area (Å²) in [4.78, 5) is 0. The van der Waals surface area contributed by atoms with Gasteiger partial charge in [-0.15, -0.1) is 0 Å². The van der Waals surface area contributed by atoms with Crippen molar-refractivity contribution in [3.63, 3.8) is 0 Å². The second kappa shape index (κ2) is 6.87. The van der Waals surface area contributed by atoms with Crippen LogP contribution in [-0.2, 0) is 0 Å². The minimum Gasteiger partial charge on any atom is -0.506 e. The van der Waals surface area contributed by atoms with Crippen molar-refractivity contribution in [2.45, 2.75) is 0 Å². The maximum Gasteiger partial charge on any atom is 0.143 e. The summed E-state index contributed by atoms with van der Waals surface area (Å²) < 4.78 is 1.85. The van der Waals surface area contributed by atoms with Crippen LogP contribution in [0.15, 0.2) is 78.9 Å². The van der Waals surface area contributed by atoms with E-state index in [-0.39, 0.29) is 10.8 Å². The fourth-order valence-electron chi connectivity index (χ4n) is 2.85. The van der Waals surface area contributed by atoms with Gasteiger partial charge in [-0.05, 0) is 30.3 Å². The Morgan fingerprint density at radius 3 is 2.15 bits per heavy atom. The van der Waals surface area contributed by atoms with E-state index in [1.54, 1.807) is 6.07 Å². The number of nitrogens with zero attached hydrogens (tertiary/aromatic N) is 2. The van der Waals surface area contributed by atoms with Crippen LogP contribution >= 0.6 is 23.2 Å². The fraction of sp³-hybridized carbons (Fsp3) is 0. The van der Waals surface area contributed by atoms with E-state index >= 15 is 0 Å². The highest BCUT2D eigenvalue weighted by atomic mass is 35.5. The normalized spacial score (nSPS) is 10.8. The number of hydrogen-bond donors (Lipinski definition) is 1. The first-order valence-corrected chi connectivity index (χ1v) is 8.78. The highest BCUT2D eigenvalue weighted by Crippen LogP contribution is 2.39. The molecule has 26 heavy (non-hydrogen) atoms. The number of halogens is 2. The molecule has 1 heterocycles. The van der Waals surface area contributed by atoms with Crippen molar-refractivity contribution in [2.24, 2.45) is 0 Å². The Morgan fingerprint density at radius 1 is 0.808 bits per heavy atom. The minimum atomic E-state index is -0.0339. The second-order valence-corrected chi connectivity index (χ2v) is 6.66. The van der Waals surface area contributed by atoms with Gasteiger partial charge in [0.15, 0.2) is 0 Å². The van der Waals surface area contributed by atoms with Crippen molar-refractivity contribution in [3.8, 4) is 34.0 Å².